The molecule has 0 amide bonds. The van der Waals surface area contributed by atoms with Gasteiger partial charge < -0.3 is 14.7 Å². The van der Waals surface area contributed by atoms with Crippen molar-refractivity contribution in [1.82, 2.24) is 4.98 Å². The highest BCUT2D eigenvalue weighted by Crippen LogP contribution is 2.24. The predicted octanol–water partition coefficient (Wildman–Crippen LogP) is 2.60. The van der Waals surface area contributed by atoms with E-state index in [4.69, 9.17) is 9.47 Å². The van der Waals surface area contributed by atoms with Crippen LogP contribution in [0.5, 0.6) is 0 Å². The van der Waals surface area contributed by atoms with Crippen LogP contribution in [0.3, 0.4) is 0 Å². The van der Waals surface area contributed by atoms with Gasteiger partial charge in [0.15, 0.2) is 6.29 Å². The van der Waals surface area contributed by atoms with Crippen LogP contribution in [-0.2, 0) is 9.47 Å². The van der Waals surface area contributed by atoms with E-state index in [0.29, 0.717) is 11.3 Å². The third-order valence-corrected chi connectivity index (χ3v) is 2.93. The monoisotopic (exact) mass is 272 g/mol. The van der Waals surface area contributed by atoms with Crippen molar-refractivity contribution < 1.29 is 14.7 Å². The van der Waals surface area contributed by atoms with E-state index in [-0.39, 0.29) is 0 Å². The summed E-state index contributed by atoms with van der Waals surface area (Å²) in [5, 5.41) is 12.8. The summed E-state index contributed by atoms with van der Waals surface area (Å²) in [4.78, 5) is 4.04. The smallest absolute Gasteiger partial charge is 0.183 e. The number of ether oxygens (including phenoxy) is 2. The topological polar surface area (TPSA) is 63.9 Å². The summed E-state index contributed by atoms with van der Waals surface area (Å²) >= 11 is 0. The molecule has 0 fully saturated rings. The number of pyridine rings is 1. The molecule has 2 aromatic rings. The molecule has 20 heavy (non-hydrogen) atoms. The molecule has 0 aliphatic carbocycles. The van der Waals surface area contributed by atoms with Crippen LogP contribution in [0, 0.1) is 0 Å². The number of aromatic nitrogens is 1. The standard InChI is InChI=1S/C15H16N2O3/c1-19-15(20-2)13-8-4-3-7-12(13)14(17-18)11-6-5-9-16-10-11/h3-10,15,18H,1-2H3/b17-14-. The van der Waals surface area contributed by atoms with E-state index in [2.05, 4.69) is 10.1 Å². The van der Waals surface area contributed by atoms with Gasteiger partial charge in [-0.15, -0.1) is 0 Å². The molecule has 0 spiro atoms. The van der Waals surface area contributed by atoms with Crippen LogP contribution in [-0.4, -0.2) is 30.1 Å². The molecule has 104 valence electrons. The third kappa shape index (κ3) is 2.84. The first-order valence-corrected chi connectivity index (χ1v) is 6.09. The molecule has 1 aromatic carbocycles. The molecule has 2 rings (SSSR count). The average Bonchev–Trinajstić information content (AvgIpc) is 2.52. The quantitative estimate of drug-likeness (QED) is 0.393. The maximum Gasteiger partial charge on any atom is 0.183 e. The van der Waals surface area contributed by atoms with Crippen LogP contribution in [0.25, 0.3) is 0 Å². The Morgan fingerprint density at radius 2 is 1.90 bits per heavy atom. The second kappa shape index (κ2) is 6.79. The van der Waals surface area contributed by atoms with Crippen molar-refractivity contribution in [2.75, 3.05) is 14.2 Å². The summed E-state index contributed by atoms with van der Waals surface area (Å²) in [6, 6.07) is 11.1. The molecule has 0 aliphatic heterocycles. The van der Waals surface area contributed by atoms with Crippen LogP contribution in [0.1, 0.15) is 23.0 Å². The molecule has 0 saturated heterocycles. The van der Waals surface area contributed by atoms with Gasteiger partial charge in [0.05, 0.1) is 0 Å². The minimum atomic E-state index is -0.528. The highest BCUT2D eigenvalue weighted by molar-refractivity contribution is 6.13. The van der Waals surface area contributed by atoms with Crippen LogP contribution in [0.15, 0.2) is 53.9 Å². The molecule has 0 atom stereocenters. The minimum absolute atomic E-state index is 0.424. The molecule has 1 heterocycles. The number of hydrogen-bond donors (Lipinski definition) is 1. The Kier molecular flexibility index (Phi) is 4.81. The van der Waals surface area contributed by atoms with Gasteiger partial charge >= 0.3 is 0 Å². The Morgan fingerprint density at radius 1 is 1.15 bits per heavy atom. The molecule has 5 heteroatoms. The van der Waals surface area contributed by atoms with Gasteiger partial charge in [-0.2, -0.15) is 0 Å². The van der Waals surface area contributed by atoms with Gasteiger partial charge in [-0.05, 0) is 12.1 Å². The maximum absolute atomic E-state index is 9.36. The number of benzene rings is 1. The molecule has 0 radical (unpaired) electrons. The zero-order valence-electron chi connectivity index (χ0n) is 11.4. The fourth-order valence-electron chi connectivity index (χ4n) is 2.04. The van der Waals surface area contributed by atoms with E-state index in [1.807, 2.05) is 30.3 Å². The minimum Gasteiger partial charge on any atom is -0.410 e. The van der Waals surface area contributed by atoms with Crippen molar-refractivity contribution in [3.63, 3.8) is 0 Å². The number of oxime groups is 1. The van der Waals surface area contributed by atoms with Gasteiger partial charge in [0.1, 0.15) is 5.71 Å². The summed E-state index contributed by atoms with van der Waals surface area (Å²) < 4.78 is 10.6. The van der Waals surface area contributed by atoms with Gasteiger partial charge in [0.2, 0.25) is 0 Å². The molecule has 1 aromatic heterocycles. The Labute approximate surface area is 117 Å². The number of rotatable bonds is 5. The van der Waals surface area contributed by atoms with Crippen molar-refractivity contribution in [2.45, 2.75) is 6.29 Å². The Bertz CT molecular complexity index is 581. The predicted molar refractivity (Wildman–Crippen MR) is 74.9 cm³/mol. The molecule has 5 nitrogen and oxygen atoms in total. The third-order valence-electron chi connectivity index (χ3n) is 2.93. The van der Waals surface area contributed by atoms with E-state index in [9.17, 15) is 5.21 Å². The van der Waals surface area contributed by atoms with E-state index >= 15 is 0 Å². The zero-order chi connectivity index (χ0) is 14.4. The second-order valence-electron chi connectivity index (χ2n) is 4.08. The van der Waals surface area contributed by atoms with Crippen LogP contribution >= 0.6 is 0 Å². The Balaban J connectivity index is 2.51. The van der Waals surface area contributed by atoms with Crippen LogP contribution < -0.4 is 0 Å². The van der Waals surface area contributed by atoms with Gasteiger partial charge in [0.25, 0.3) is 0 Å². The summed E-state index contributed by atoms with van der Waals surface area (Å²) in [6.45, 7) is 0. The van der Waals surface area contributed by atoms with E-state index < -0.39 is 6.29 Å². The Morgan fingerprint density at radius 3 is 2.50 bits per heavy atom. The maximum atomic E-state index is 9.36. The number of nitrogens with zero attached hydrogens (tertiary/aromatic N) is 2. The first-order chi connectivity index (χ1) is 9.81. The number of hydrogen-bond acceptors (Lipinski definition) is 5. The lowest BCUT2D eigenvalue weighted by atomic mass is 9.98. The first kappa shape index (κ1) is 14.2. The summed E-state index contributed by atoms with van der Waals surface area (Å²) in [6.07, 6.45) is 2.78. The van der Waals surface area contributed by atoms with Gasteiger partial charge in [-0.25, -0.2) is 0 Å². The summed E-state index contributed by atoms with van der Waals surface area (Å²) in [5.41, 5.74) is 2.66. The second-order valence-corrected chi connectivity index (χ2v) is 4.08. The van der Waals surface area contributed by atoms with Crippen molar-refractivity contribution in [3.05, 3.63) is 65.5 Å². The SMILES string of the molecule is COC(OC)c1ccccc1/C(=N\O)c1cccnc1. The zero-order valence-corrected chi connectivity index (χ0v) is 11.4. The molecule has 0 bridgehead atoms. The Hall–Kier alpha value is -2.24. The highest BCUT2D eigenvalue weighted by Gasteiger charge is 2.18. The highest BCUT2D eigenvalue weighted by atomic mass is 16.7. The van der Waals surface area contributed by atoms with E-state index in [1.165, 1.54) is 0 Å². The van der Waals surface area contributed by atoms with Crippen LogP contribution in [0.4, 0.5) is 0 Å². The fourth-order valence-corrected chi connectivity index (χ4v) is 2.04. The summed E-state index contributed by atoms with van der Waals surface area (Å²) in [5.74, 6) is 0. The molecule has 0 unspecified atom stereocenters. The van der Waals surface area contributed by atoms with Crippen molar-refractivity contribution in [3.8, 4) is 0 Å². The molecule has 0 saturated carbocycles. The lowest BCUT2D eigenvalue weighted by Gasteiger charge is -2.18. The van der Waals surface area contributed by atoms with E-state index in [1.54, 1.807) is 32.7 Å². The van der Waals surface area contributed by atoms with Gasteiger partial charge in [0, 0.05) is 43.3 Å². The van der Waals surface area contributed by atoms with Crippen molar-refractivity contribution >= 4 is 5.71 Å². The molecular formula is C15H16N2O3. The molecular weight excluding hydrogens is 256 g/mol. The lowest BCUT2D eigenvalue weighted by molar-refractivity contribution is -0.106. The molecule has 1 N–H and O–H groups in total. The van der Waals surface area contributed by atoms with Crippen molar-refractivity contribution in [1.29, 1.82) is 0 Å². The average molecular weight is 272 g/mol. The lowest BCUT2D eigenvalue weighted by Crippen LogP contribution is -2.12. The van der Waals surface area contributed by atoms with Gasteiger partial charge in [-0.1, -0.05) is 29.4 Å². The largest absolute Gasteiger partial charge is 0.410 e. The van der Waals surface area contributed by atoms with Gasteiger partial charge in [-0.3, -0.25) is 4.98 Å². The molecule has 0 aliphatic rings. The summed E-state index contributed by atoms with van der Waals surface area (Å²) in [7, 11) is 3.12. The normalized spacial score (nSPS) is 11.8. The van der Waals surface area contributed by atoms with Crippen molar-refractivity contribution in [2.24, 2.45) is 5.16 Å². The van der Waals surface area contributed by atoms with E-state index in [0.717, 1.165) is 11.1 Å². The van der Waals surface area contributed by atoms with Crippen LogP contribution in [0.2, 0.25) is 0 Å². The first-order valence-electron chi connectivity index (χ1n) is 6.09. The fraction of sp³-hybridized carbons (Fsp3) is 0.200. The number of methoxy groups -OCH3 is 2.